The summed E-state index contributed by atoms with van der Waals surface area (Å²) in [6.45, 7) is 4.10. The molecule has 0 saturated carbocycles. The van der Waals surface area contributed by atoms with E-state index in [9.17, 15) is 9.59 Å². The van der Waals surface area contributed by atoms with Gasteiger partial charge in [-0.1, -0.05) is 18.5 Å². The van der Waals surface area contributed by atoms with Gasteiger partial charge >= 0.3 is 5.97 Å². The van der Waals surface area contributed by atoms with Gasteiger partial charge in [0.05, 0.1) is 23.4 Å². The van der Waals surface area contributed by atoms with Gasteiger partial charge in [0.1, 0.15) is 0 Å². The highest BCUT2D eigenvalue weighted by Crippen LogP contribution is 2.24. The molecule has 1 saturated heterocycles. The van der Waals surface area contributed by atoms with Gasteiger partial charge in [0.25, 0.3) is 5.91 Å². The van der Waals surface area contributed by atoms with Crippen LogP contribution in [0.2, 0.25) is 5.02 Å². The minimum Gasteiger partial charge on any atom is -0.465 e. The lowest BCUT2D eigenvalue weighted by Gasteiger charge is -2.31. The third kappa shape index (κ3) is 4.54. The lowest BCUT2D eigenvalue weighted by molar-refractivity contribution is 0.0600. The molecule has 0 aliphatic carbocycles. The first kappa shape index (κ1) is 19.1. The highest BCUT2D eigenvalue weighted by atomic mass is 35.5. The third-order valence-corrected chi connectivity index (χ3v) is 4.83. The zero-order valence-corrected chi connectivity index (χ0v) is 16.0. The lowest BCUT2D eigenvalue weighted by Crippen LogP contribution is -2.35. The average Bonchev–Trinajstić information content (AvgIpc) is 2.69. The predicted octanol–water partition coefficient (Wildman–Crippen LogP) is 3.41. The number of nitrogens with zero attached hydrogens (tertiary/aromatic N) is 3. The molecule has 1 aromatic heterocycles. The first-order chi connectivity index (χ1) is 13.0. The van der Waals surface area contributed by atoms with Crippen LogP contribution in [0.15, 0.2) is 30.3 Å². The Morgan fingerprint density at radius 1 is 1.26 bits per heavy atom. The van der Waals surface area contributed by atoms with E-state index in [-0.39, 0.29) is 11.3 Å². The number of carbonyl (C=O) groups is 2. The van der Waals surface area contributed by atoms with Gasteiger partial charge in [-0.3, -0.25) is 4.79 Å². The maximum atomic E-state index is 12.5. The van der Waals surface area contributed by atoms with Crippen LogP contribution in [-0.4, -0.2) is 42.3 Å². The molecule has 1 aromatic carbocycles. The summed E-state index contributed by atoms with van der Waals surface area (Å²) >= 11 is 6.11. The number of methoxy groups -OCH3 is 1. The number of hydrogen-bond acceptors (Lipinski definition) is 6. The van der Waals surface area contributed by atoms with Crippen molar-refractivity contribution in [2.24, 2.45) is 5.92 Å². The van der Waals surface area contributed by atoms with Crippen LogP contribution in [0.3, 0.4) is 0 Å². The minimum absolute atomic E-state index is 0.170. The van der Waals surface area contributed by atoms with E-state index in [0.29, 0.717) is 16.6 Å². The van der Waals surface area contributed by atoms with Gasteiger partial charge < -0.3 is 15.0 Å². The van der Waals surface area contributed by atoms with E-state index in [4.69, 9.17) is 11.6 Å². The molecule has 27 heavy (non-hydrogen) atoms. The maximum absolute atomic E-state index is 12.5. The van der Waals surface area contributed by atoms with E-state index in [1.807, 2.05) is 0 Å². The largest absolute Gasteiger partial charge is 0.465 e. The fourth-order valence-electron chi connectivity index (χ4n) is 3.06. The minimum atomic E-state index is -0.512. The Labute approximate surface area is 162 Å². The molecule has 0 radical (unpaired) electrons. The Morgan fingerprint density at radius 3 is 2.74 bits per heavy atom. The van der Waals surface area contributed by atoms with E-state index >= 15 is 0 Å². The molecule has 1 fully saturated rings. The van der Waals surface area contributed by atoms with Crippen LogP contribution in [0.1, 0.15) is 40.6 Å². The number of rotatable bonds is 4. The highest BCUT2D eigenvalue weighted by Gasteiger charge is 2.19. The molecular weight excluding hydrogens is 368 g/mol. The summed E-state index contributed by atoms with van der Waals surface area (Å²) in [5.74, 6) is 0.420. The zero-order valence-electron chi connectivity index (χ0n) is 15.2. The van der Waals surface area contributed by atoms with Crippen LogP contribution in [0, 0.1) is 5.92 Å². The van der Waals surface area contributed by atoms with E-state index in [2.05, 4.69) is 32.1 Å². The second-order valence-corrected chi connectivity index (χ2v) is 7.02. The molecule has 1 N–H and O–H groups in total. The smallest absolute Gasteiger partial charge is 0.337 e. The number of piperidine rings is 1. The second kappa shape index (κ2) is 8.35. The van der Waals surface area contributed by atoms with E-state index in [1.165, 1.54) is 31.7 Å². The topological polar surface area (TPSA) is 84.4 Å². The molecular formula is C19H21ClN4O3. The molecule has 1 amide bonds. The summed E-state index contributed by atoms with van der Waals surface area (Å²) in [6, 6.07) is 7.94. The van der Waals surface area contributed by atoms with Crippen molar-refractivity contribution in [3.05, 3.63) is 46.6 Å². The van der Waals surface area contributed by atoms with Gasteiger partial charge in [0.2, 0.25) is 0 Å². The summed E-state index contributed by atoms with van der Waals surface area (Å²) in [6.07, 6.45) is 2.34. The maximum Gasteiger partial charge on any atom is 0.337 e. The van der Waals surface area contributed by atoms with Gasteiger partial charge in [0.15, 0.2) is 11.5 Å². The van der Waals surface area contributed by atoms with Crippen LogP contribution >= 0.6 is 11.6 Å². The molecule has 0 spiro atoms. The molecule has 0 bridgehead atoms. The molecule has 1 aliphatic heterocycles. The molecule has 2 heterocycles. The third-order valence-electron chi connectivity index (χ3n) is 4.50. The molecule has 1 unspecified atom stereocenters. The Balaban J connectivity index is 1.72. The Kier molecular flexibility index (Phi) is 5.91. The molecule has 8 heteroatoms. The van der Waals surface area contributed by atoms with Crippen molar-refractivity contribution in [1.82, 2.24) is 10.2 Å². The monoisotopic (exact) mass is 388 g/mol. The van der Waals surface area contributed by atoms with Crippen molar-refractivity contribution < 1.29 is 14.3 Å². The number of esters is 1. The Hall–Kier alpha value is -2.67. The summed E-state index contributed by atoms with van der Waals surface area (Å²) in [4.78, 5) is 26.3. The second-order valence-electron chi connectivity index (χ2n) is 6.61. The average molecular weight is 389 g/mol. The summed E-state index contributed by atoms with van der Waals surface area (Å²) in [5.41, 5.74) is 0.765. The van der Waals surface area contributed by atoms with Crippen molar-refractivity contribution in [3.63, 3.8) is 0 Å². The van der Waals surface area contributed by atoms with Gasteiger partial charge in [-0.25, -0.2) is 4.79 Å². The van der Waals surface area contributed by atoms with Crippen LogP contribution in [-0.2, 0) is 4.74 Å². The molecule has 1 aliphatic rings. The van der Waals surface area contributed by atoms with Crippen LogP contribution < -0.4 is 10.2 Å². The number of ether oxygens (including phenoxy) is 1. The number of benzene rings is 1. The van der Waals surface area contributed by atoms with Crippen LogP contribution in [0.4, 0.5) is 11.5 Å². The van der Waals surface area contributed by atoms with Crippen LogP contribution in [0.5, 0.6) is 0 Å². The lowest BCUT2D eigenvalue weighted by atomic mass is 10.0. The van der Waals surface area contributed by atoms with Gasteiger partial charge in [-0.05, 0) is 49.1 Å². The first-order valence-corrected chi connectivity index (χ1v) is 9.13. The number of halogens is 1. The molecule has 3 rings (SSSR count). The standard InChI is InChI=1S/C19H21ClN4O3/c1-12-4-3-9-24(11-12)17-8-7-15(22-23-17)18(25)21-16-10-13(19(26)27-2)5-6-14(16)20/h5-8,10,12H,3-4,9,11H2,1-2H3,(H,21,25). The van der Waals surface area contributed by atoms with Crippen LogP contribution in [0.25, 0.3) is 0 Å². The number of amides is 1. The molecule has 7 nitrogen and oxygen atoms in total. The van der Waals surface area contributed by atoms with Crippen molar-refractivity contribution >= 4 is 35.0 Å². The summed E-state index contributed by atoms with van der Waals surface area (Å²) < 4.78 is 4.68. The molecule has 1 atom stereocenters. The van der Waals surface area contributed by atoms with Gasteiger partial charge in [-0.2, -0.15) is 0 Å². The van der Waals surface area contributed by atoms with Crippen molar-refractivity contribution in [3.8, 4) is 0 Å². The van der Waals surface area contributed by atoms with E-state index < -0.39 is 11.9 Å². The van der Waals surface area contributed by atoms with Crippen molar-refractivity contribution in [2.45, 2.75) is 19.8 Å². The number of aromatic nitrogens is 2. The van der Waals surface area contributed by atoms with Crippen molar-refractivity contribution in [2.75, 3.05) is 30.4 Å². The van der Waals surface area contributed by atoms with Gasteiger partial charge in [-0.15, -0.1) is 10.2 Å². The predicted molar refractivity (Wildman–Crippen MR) is 103 cm³/mol. The fourth-order valence-corrected chi connectivity index (χ4v) is 3.23. The summed E-state index contributed by atoms with van der Waals surface area (Å²) in [5, 5.41) is 11.2. The quantitative estimate of drug-likeness (QED) is 0.808. The fraction of sp³-hybridized carbons (Fsp3) is 0.368. The zero-order chi connectivity index (χ0) is 19.4. The summed E-state index contributed by atoms with van der Waals surface area (Å²) in [7, 11) is 1.29. The molecule has 2 aromatic rings. The number of anilines is 2. The first-order valence-electron chi connectivity index (χ1n) is 8.76. The Bertz CT molecular complexity index is 841. The number of hydrogen-bond donors (Lipinski definition) is 1. The van der Waals surface area contributed by atoms with E-state index in [1.54, 1.807) is 12.1 Å². The molecule has 142 valence electrons. The highest BCUT2D eigenvalue weighted by molar-refractivity contribution is 6.34. The SMILES string of the molecule is COC(=O)c1ccc(Cl)c(NC(=O)c2ccc(N3CCCC(C)C3)nn2)c1. The van der Waals surface area contributed by atoms with Gasteiger partial charge in [0, 0.05) is 13.1 Å². The van der Waals surface area contributed by atoms with E-state index in [0.717, 1.165) is 25.3 Å². The number of nitrogens with one attached hydrogen (secondary N) is 1. The number of carbonyl (C=O) groups excluding carboxylic acids is 2. The normalized spacial score (nSPS) is 16.7. The Morgan fingerprint density at radius 2 is 2.07 bits per heavy atom. The van der Waals surface area contributed by atoms with Crippen molar-refractivity contribution in [1.29, 1.82) is 0 Å².